The number of hydrogen-bond donors (Lipinski definition) is 2. The maximum Gasteiger partial charge on any atom is 0.257 e. The number of carbonyl (C=O) groups is 1. The van der Waals surface area contributed by atoms with Gasteiger partial charge in [-0.15, -0.1) is 0 Å². The molecule has 1 aromatic carbocycles. The van der Waals surface area contributed by atoms with Gasteiger partial charge in [0.25, 0.3) is 5.91 Å². The number of aromatic nitrogens is 2. The van der Waals surface area contributed by atoms with Crippen LogP contribution in [0.5, 0.6) is 5.75 Å². The lowest BCUT2D eigenvalue weighted by Crippen LogP contribution is -2.25. The van der Waals surface area contributed by atoms with Crippen molar-refractivity contribution in [3.63, 3.8) is 0 Å². The van der Waals surface area contributed by atoms with Crippen molar-refractivity contribution >= 4 is 11.6 Å². The molecule has 2 rings (SSSR count). The number of anilines is 1. The van der Waals surface area contributed by atoms with Crippen LogP contribution in [0, 0.1) is 6.92 Å². The number of benzene rings is 1. The monoisotopic (exact) mass is 262 g/mol. The summed E-state index contributed by atoms with van der Waals surface area (Å²) in [5.41, 5.74) is 6.43. The molecule has 0 saturated heterocycles. The summed E-state index contributed by atoms with van der Waals surface area (Å²) in [7, 11) is 1.48. The molecule has 0 fully saturated rings. The Morgan fingerprint density at radius 2 is 2.32 bits per heavy atom. The summed E-state index contributed by atoms with van der Waals surface area (Å²) in [6.45, 7) is 1.84. The largest absolute Gasteiger partial charge is 0.496 e. The Hall–Kier alpha value is -2.57. The third kappa shape index (κ3) is 2.82. The summed E-state index contributed by atoms with van der Waals surface area (Å²) in [5.74, 6) is 0.916. The molecule has 19 heavy (non-hydrogen) atoms. The molecule has 1 aromatic heterocycles. The average molecular weight is 262 g/mol. The topological polar surface area (TPSA) is 103 Å². The molecule has 0 atom stereocenters. The van der Waals surface area contributed by atoms with E-state index in [1.807, 2.05) is 0 Å². The molecule has 0 aliphatic heterocycles. The Balaban J connectivity index is 2.12. The number of nitrogens with two attached hydrogens (primary N) is 1. The molecule has 0 spiro atoms. The van der Waals surface area contributed by atoms with Gasteiger partial charge in [0.05, 0.1) is 13.7 Å². The number of nitrogen functional groups attached to an aromatic ring is 1. The lowest BCUT2D eigenvalue weighted by molar-refractivity contribution is 0.0947. The number of hydrogen-bond acceptors (Lipinski definition) is 6. The quantitative estimate of drug-likeness (QED) is 0.793. The zero-order chi connectivity index (χ0) is 13.8. The molecule has 1 heterocycles. The maximum absolute atomic E-state index is 12.1. The number of ether oxygens (including phenoxy) is 1. The van der Waals surface area contributed by atoms with Crippen molar-refractivity contribution in [2.75, 3.05) is 12.8 Å². The number of methoxy groups -OCH3 is 1. The number of carbonyl (C=O) groups excluding carboxylic acids is 1. The minimum Gasteiger partial charge on any atom is -0.496 e. The van der Waals surface area contributed by atoms with Crippen LogP contribution in [0.15, 0.2) is 22.7 Å². The third-order valence-electron chi connectivity index (χ3n) is 2.48. The Kier molecular flexibility index (Phi) is 3.65. The number of rotatable bonds is 4. The molecule has 0 radical (unpaired) electrons. The van der Waals surface area contributed by atoms with Crippen molar-refractivity contribution in [3.05, 3.63) is 35.5 Å². The average Bonchev–Trinajstić information content (AvgIpc) is 2.81. The van der Waals surface area contributed by atoms with Gasteiger partial charge in [-0.1, -0.05) is 11.2 Å². The summed E-state index contributed by atoms with van der Waals surface area (Å²) in [4.78, 5) is 16.1. The van der Waals surface area contributed by atoms with Gasteiger partial charge in [-0.25, -0.2) is 0 Å². The summed E-state index contributed by atoms with van der Waals surface area (Å²) >= 11 is 0. The molecule has 2 aromatic rings. The van der Waals surface area contributed by atoms with E-state index in [1.54, 1.807) is 25.1 Å². The molecular formula is C12H14N4O3. The van der Waals surface area contributed by atoms with E-state index in [1.165, 1.54) is 7.11 Å². The predicted octanol–water partition coefficient (Wildman–Crippen LogP) is 0.899. The van der Waals surface area contributed by atoms with Crippen molar-refractivity contribution < 1.29 is 14.1 Å². The van der Waals surface area contributed by atoms with Crippen LogP contribution in [-0.4, -0.2) is 23.2 Å². The smallest absolute Gasteiger partial charge is 0.257 e. The molecule has 3 N–H and O–H groups in total. The lowest BCUT2D eigenvalue weighted by Gasteiger charge is -2.10. The van der Waals surface area contributed by atoms with Crippen LogP contribution in [0.3, 0.4) is 0 Å². The number of nitrogens with zero attached hydrogens (tertiary/aromatic N) is 2. The zero-order valence-corrected chi connectivity index (χ0v) is 10.6. The molecular weight excluding hydrogens is 248 g/mol. The normalized spacial score (nSPS) is 10.2. The van der Waals surface area contributed by atoms with Crippen molar-refractivity contribution in [1.82, 2.24) is 15.5 Å². The van der Waals surface area contributed by atoms with Gasteiger partial charge in [0.2, 0.25) is 5.89 Å². The van der Waals surface area contributed by atoms with Gasteiger partial charge in [-0.3, -0.25) is 4.79 Å². The first kappa shape index (κ1) is 12.9. The zero-order valence-electron chi connectivity index (χ0n) is 10.6. The molecule has 7 nitrogen and oxygen atoms in total. The number of nitrogens with one attached hydrogen (secondary N) is 1. The summed E-state index contributed by atoms with van der Waals surface area (Å²) in [5, 5.41) is 6.34. The van der Waals surface area contributed by atoms with E-state index in [0.717, 1.165) is 0 Å². The summed E-state index contributed by atoms with van der Waals surface area (Å²) in [6.07, 6.45) is 0. The van der Waals surface area contributed by atoms with Crippen LogP contribution in [-0.2, 0) is 6.54 Å². The fourth-order valence-corrected chi connectivity index (χ4v) is 1.62. The van der Waals surface area contributed by atoms with Crippen LogP contribution in [0.1, 0.15) is 22.1 Å². The van der Waals surface area contributed by atoms with E-state index in [9.17, 15) is 4.79 Å². The number of amides is 1. The van der Waals surface area contributed by atoms with Crippen LogP contribution < -0.4 is 15.8 Å². The highest BCUT2D eigenvalue weighted by Crippen LogP contribution is 2.23. The molecule has 7 heteroatoms. The van der Waals surface area contributed by atoms with Gasteiger partial charge < -0.3 is 20.3 Å². The van der Waals surface area contributed by atoms with Gasteiger partial charge in [0, 0.05) is 12.6 Å². The Morgan fingerprint density at radius 3 is 2.95 bits per heavy atom. The second kappa shape index (κ2) is 5.38. The van der Waals surface area contributed by atoms with Crippen LogP contribution in [0.25, 0.3) is 0 Å². The van der Waals surface area contributed by atoms with Crippen molar-refractivity contribution in [2.24, 2.45) is 0 Å². The standard InChI is InChI=1S/C12H14N4O3/c1-7-15-10(16-19-7)6-14-12(17)11-8(13)4-3-5-9(11)18-2/h3-5H,6,13H2,1-2H3,(H,14,17). The lowest BCUT2D eigenvalue weighted by atomic mass is 10.1. The Labute approximate surface area is 109 Å². The van der Waals surface area contributed by atoms with Crippen LogP contribution in [0.2, 0.25) is 0 Å². The summed E-state index contributed by atoms with van der Waals surface area (Å²) in [6, 6.07) is 5.02. The van der Waals surface area contributed by atoms with E-state index >= 15 is 0 Å². The first-order valence-electron chi connectivity index (χ1n) is 5.61. The van der Waals surface area contributed by atoms with Crippen molar-refractivity contribution in [1.29, 1.82) is 0 Å². The van der Waals surface area contributed by atoms with E-state index in [0.29, 0.717) is 28.7 Å². The maximum atomic E-state index is 12.1. The summed E-state index contributed by atoms with van der Waals surface area (Å²) < 4.78 is 9.92. The number of aryl methyl sites for hydroxylation is 1. The third-order valence-corrected chi connectivity index (χ3v) is 2.48. The molecule has 0 saturated carbocycles. The SMILES string of the molecule is COc1cccc(N)c1C(=O)NCc1noc(C)n1. The fraction of sp³-hybridized carbons (Fsp3) is 0.250. The predicted molar refractivity (Wildman–Crippen MR) is 67.6 cm³/mol. The van der Waals surface area contributed by atoms with Gasteiger partial charge in [-0.05, 0) is 12.1 Å². The van der Waals surface area contributed by atoms with Crippen molar-refractivity contribution in [3.8, 4) is 5.75 Å². The molecule has 1 amide bonds. The highest BCUT2D eigenvalue weighted by molar-refractivity contribution is 6.01. The highest BCUT2D eigenvalue weighted by atomic mass is 16.5. The fourth-order valence-electron chi connectivity index (χ4n) is 1.62. The van der Waals surface area contributed by atoms with Gasteiger partial charge >= 0.3 is 0 Å². The van der Waals surface area contributed by atoms with E-state index in [2.05, 4.69) is 15.5 Å². The van der Waals surface area contributed by atoms with Gasteiger partial charge in [-0.2, -0.15) is 4.98 Å². The van der Waals surface area contributed by atoms with Gasteiger partial charge in [0.1, 0.15) is 11.3 Å². The molecule has 100 valence electrons. The molecule has 0 aliphatic carbocycles. The minimum atomic E-state index is -0.350. The highest BCUT2D eigenvalue weighted by Gasteiger charge is 2.16. The Morgan fingerprint density at radius 1 is 1.53 bits per heavy atom. The van der Waals surface area contributed by atoms with E-state index in [-0.39, 0.29) is 12.5 Å². The van der Waals surface area contributed by atoms with Gasteiger partial charge in [0.15, 0.2) is 5.82 Å². The molecule has 0 aliphatic rings. The molecule has 0 bridgehead atoms. The first-order valence-corrected chi connectivity index (χ1v) is 5.61. The van der Waals surface area contributed by atoms with Crippen molar-refractivity contribution in [2.45, 2.75) is 13.5 Å². The first-order chi connectivity index (χ1) is 9.11. The van der Waals surface area contributed by atoms with Crippen LogP contribution in [0.4, 0.5) is 5.69 Å². The minimum absolute atomic E-state index is 0.160. The van der Waals surface area contributed by atoms with E-state index < -0.39 is 0 Å². The second-order valence-corrected chi connectivity index (χ2v) is 3.84. The molecule has 0 unspecified atom stereocenters. The second-order valence-electron chi connectivity index (χ2n) is 3.84. The Bertz CT molecular complexity index is 594. The van der Waals surface area contributed by atoms with E-state index in [4.69, 9.17) is 15.0 Å². The van der Waals surface area contributed by atoms with Crippen LogP contribution >= 0.6 is 0 Å².